The van der Waals surface area contributed by atoms with Crippen LogP contribution in [0.3, 0.4) is 0 Å². The highest BCUT2D eigenvalue weighted by atomic mass is 32.1. The topological polar surface area (TPSA) is 51.2 Å². The highest BCUT2D eigenvalue weighted by Crippen LogP contribution is 2.19. The zero-order valence-electron chi connectivity index (χ0n) is 14.6. The highest BCUT2D eigenvalue weighted by Gasteiger charge is 2.09. The molecule has 0 atom stereocenters. The van der Waals surface area contributed by atoms with Crippen LogP contribution in [0.5, 0.6) is 5.75 Å². The molecule has 0 aliphatic carbocycles. The minimum absolute atomic E-state index is 0.136. The van der Waals surface area contributed by atoms with Gasteiger partial charge in [0.05, 0.1) is 12.1 Å². The van der Waals surface area contributed by atoms with Gasteiger partial charge in [-0.2, -0.15) is 0 Å². The maximum atomic E-state index is 13.1. The van der Waals surface area contributed by atoms with E-state index in [1.54, 1.807) is 12.1 Å². The molecule has 4 nitrogen and oxygen atoms in total. The van der Waals surface area contributed by atoms with Crippen LogP contribution in [-0.2, 0) is 17.8 Å². The van der Waals surface area contributed by atoms with E-state index in [9.17, 15) is 9.18 Å². The number of ether oxygens (including phenoxy) is 1. The number of halogens is 1. The summed E-state index contributed by atoms with van der Waals surface area (Å²) in [5, 5.41) is 5.30. The lowest BCUT2D eigenvalue weighted by Gasteiger charge is -2.06. The molecule has 1 N–H and O–H groups in total. The van der Waals surface area contributed by atoms with Gasteiger partial charge in [-0.3, -0.25) is 4.79 Å². The number of anilines is 1. The van der Waals surface area contributed by atoms with Gasteiger partial charge in [0.2, 0.25) is 5.91 Å². The molecule has 6 heteroatoms. The van der Waals surface area contributed by atoms with Gasteiger partial charge in [0, 0.05) is 11.1 Å². The molecule has 2 aromatic carbocycles. The van der Waals surface area contributed by atoms with Gasteiger partial charge >= 0.3 is 0 Å². The van der Waals surface area contributed by atoms with E-state index in [-0.39, 0.29) is 18.1 Å². The molecule has 3 rings (SSSR count). The predicted molar refractivity (Wildman–Crippen MR) is 101 cm³/mol. The molecule has 1 heterocycles. The monoisotopic (exact) mass is 370 g/mol. The van der Waals surface area contributed by atoms with E-state index in [4.69, 9.17) is 4.74 Å². The summed E-state index contributed by atoms with van der Waals surface area (Å²) >= 11 is 1.45. The first-order chi connectivity index (χ1) is 12.5. The van der Waals surface area contributed by atoms with E-state index >= 15 is 0 Å². The molecule has 0 aliphatic heterocycles. The van der Waals surface area contributed by atoms with Crippen molar-refractivity contribution in [1.82, 2.24) is 4.98 Å². The Morgan fingerprint density at radius 1 is 1.19 bits per heavy atom. The van der Waals surface area contributed by atoms with Gasteiger partial charge in [-0.25, -0.2) is 9.37 Å². The fourth-order valence-electron chi connectivity index (χ4n) is 2.38. The maximum Gasteiger partial charge on any atom is 0.230 e. The summed E-state index contributed by atoms with van der Waals surface area (Å²) in [5.41, 5.74) is 3.50. The Morgan fingerprint density at radius 2 is 2.04 bits per heavy atom. The number of amides is 1. The van der Waals surface area contributed by atoms with E-state index in [2.05, 4.69) is 17.2 Å². The van der Waals surface area contributed by atoms with Gasteiger partial charge in [0.1, 0.15) is 23.2 Å². The van der Waals surface area contributed by atoms with Crippen molar-refractivity contribution in [3.8, 4) is 5.75 Å². The van der Waals surface area contributed by atoms with E-state index in [0.717, 1.165) is 10.8 Å². The predicted octanol–water partition coefficient (Wildman–Crippen LogP) is 4.66. The molecule has 0 saturated heterocycles. The quantitative estimate of drug-likeness (QED) is 0.687. The van der Waals surface area contributed by atoms with Crippen LogP contribution in [0.4, 0.5) is 10.1 Å². The van der Waals surface area contributed by atoms with Crippen molar-refractivity contribution in [3.05, 3.63) is 75.5 Å². The molecular formula is C20H19FN2O2S. The number of hydrogen-bond donors (Lipinski definition) is 1. The van der Waals surface area contributed by atoms with Crippen molar-refractivity contribution in [2.75, 3.05) is 5.32 Å². The lowest BCUT2D eigenvalue weighted by molar-refractivity contribution is -0.115. The van der Waals surface area contributed by atoms with E-state index in [0.29, 0.717) is 18.0 Å². The average molecular weight is 370 g/mol. The van der Waals surface area contributed by atoms with Crippen molar-refractivity contribution in [2.45, 2.75) is 26.9 Å². The lowest BCUT2D eigenvalue weighted by atomic mass is 10.1. The van der Waals surface area contributed by atoms with Crippen molar-refractivity contribution < 1.29 is 13.9 Å². The number of aromatic nitrogens is 1. The zero-order valence-corrected chi connectivity index (χ0v) is 15.4. The van der Waals surface area contributed by atoms with E-state index in [1.165, 1.54) is 34.6 Å². The summed E-state index contributed by atoms with van der Waals surface area (Å²) in [6.45, 7) is 4.46. The molecule has 1 amide bonds. The van der Waals surface area contributed by atoms with Crippen molar-refractivity contribution >= 4 is 22.9 Å². The van der Waals surface area contributed by atoms with Gasteiger partial charge in [0.25, 0.3) is 0 Å². The standard InChI is InChI=1S/C20H19FN2O2S/c1-13-6-7-18(8-14(13)2)25-11-20-23-17(12-26-20)10-19(24)22-16-5-3-4-15(21)9-16/h3-9,12H,10-11H2,1-2H3,(H,22,24). The maximum absolute atomic E-state index is 13.1. The molecule has 0 saturated carbocycles. The first kappa shape index (κ1) is 18.1. The zero-order chi connectivity index (χ0) is 18.5. The van der Waals surface area contributed by atoms with Crippen LogP contribution in [0.15, 0.2) is 47.8 Å². The molecule has 0 unspecified atom stereocenters. The molecule has 0 spiro atoms. The van der Waals surface area contributed by atoms with Gasteiger partial charge in [-0.05, 0) is 55.3 Å². The third-order valence-corrected chi connectivity index (χ3v) is 4.76. The van der Waals surface area contributed by atoms with E-state index in [1.807, 2.05) is 30.5 Å². The SMILES string of the molecule is Cc1ccc(OCc2nc(CC(=O)Nc3cccc(F)c3)cs2)cc1C. The van der Waals surface area contributed by atoms with Gasteiger partial charge in [-0.15, -0.1) is 11.3 Å². The van der Waals surface area contributed by atoms with Gasteiger partial charge in [-0.1, -0.05) is 12.1 Å². The molecule has 0 fully saturated rings. The van der Waals surface area contributed by atoms with Crippen LogP contribution >= 0.6 is 11.3 Å². The Kier molecular flexibility index (Phi) is 5.63. The summed E-state index contributed by atoms with van der Waals surface area (Å²) in [7, 11) is 0. The third-order valence-electron chi connectivity index (χ3n) is 3.89. The van der Waals surface area contributed by atoms with Crippen molar-refractivity contribution in [2.24, 2.45) is 0 Å². The number of carbonyl (C=O) groups is 1. The van der Waals surface area contributed by atoms with Crippen LogP contribution in [0.1, 0.15) is 21.8 Å². The molecular weight excluding hydrogens is 351 g/mol. The number of aryl methyl sites for hydroxylation is 2. The van der Waals surface area contributed by atoms with Crippen molar-refractivity contribution in [3.63, 3.8) is 0 Å². The van der Waals surface area contributed by atoms with Crippen molar-refractivity contribution in [1.29, 1.82) is 0 Å². The highest BCUT2D eigenvalue weighted by molar-refractivity contribution is 7.09. The molecule has 134 valence electrons. The second-order valence-electron chi connectivity index (χ2n) is 6.00. The second-order valence-corrected chi connectivity index (χ2v) is 6.95. The summed E-state index contributed by atoms with van der Waals surface area (Å²) in [5.74, 6) is 0.179. The Bertz CT molecular complexity index is 924. The van der Waals surface area contributed by atoms with Crippen LogP contribution < -0.4 is 10.1 Å². The Morgan fingerprint density at radius 3 is 2.81 bits per heavy atom. The van der Waals surface area contributed by atoms with Crippen LogP contribution in [0.2, 0.25) is 0 Å². The summed E-state index contributed by atoms with van der Waals surface area (Å²) < 4.78 is 18.9. The largest absolute Gasteiger partial charge is 0.486 e. The summed E-state index contributed by atoms with van der Waals surface area (Å²) in [6.07, 6.45) is 0.136. The Balaban J connectivity index is 1.54. The Hall–Kier alpha value is -2.73. The van der Waals surface area contributed by atoms with E-state index < -0.39 is 0 Å². The molecule has 3 aromatic rings. The molecule has 0 bridgehead atoms. The summed E-state index contributed by atoms with van der Waals surface area (Å²) in [4.78, 5) is 16.5. The van der Waals surface area contributed by atoms with Crippen LogP contribution in [0, 0.1) is 19.7 Å². The van der Waals surface area contributed by atoms with Gasteiger partial charge < -0.3 is 10.1 Å². The number of nitrogens with one attached hydrogen (secondary N) is 1. The number of nitrogens with zero attached hydrogens (tertiary/aromatic N) is 1. The smallest absolute Gasteiger partial charge is 0.230 e. The van der Waals surface area contributed by atoms with Gasteiger partial charge in [0.15, 0.2) is 0 Å². The fraction of sp³-hybridized carbons (Fsp3) is 0.200. The number of thiazole rings is 1. The molecule has 0 radical (unpaired) electrons. The Labute approximate surface area is 155 Å². The summed E-state index contributed by atoms with van der Waals surface area (Å²) in [6, 6.07) is 11.8. The first-order valence-electron chi connectivity index (χ1n) is 8.18. The van der Waals surface area contributed by atoms with Crippen LogP contribution in [0.25, 0.3) is 0 Å². The lowest BCUT2D eigenvalue weighted by Crippen LogP contribution is -2.14. The fourth-order valence-corrected chi connectivity index (χ4v) is 3.09. The number of hydrogen-bond acceptors (Lipinski definition) is 4. The normalized spacial score (nSPS) is 10.6. The minimum Gasteiger partial charge on any atom is -0.486 e. The number of rotatable bonds is 6. The molecule has 1 aromatic heterocycles. The molecule has 0 aliphatic rings. The first-order valence-corrected chi connectivity index (χ1v) is 9.06. The number of carbonyl (C=O) groups excluding carboxylic acids is 1. The average Bonchev–Trinajstić information content (AvgIpc) is 3.03. The van der Waals surface area contributed by atoms with Crippen LogP contribution in [-0.4, -0.2) is 10.9 Å². The molecule has 26 heavy (non-hydrogen) atoms. The second kappa shape index (κ2) is 8.10. The minimum atomic E-state index is -0.387. The third kappa shape index (κ3) is 4.89. The number of benzene rings is 2.